The van der Waals surface area contributed by atoms with Gasteiger partial charge in [0.1, 0.15) is 0 Å². The number of fused-ring (bicyclic) bond motifs is 1. The van der Waals surface area contributed by atoms with Gasteiger partial charge >= 0.3 is 0 Å². The van der Waals surface area contributed by atoms with Crippen LogP contribution in [-0.4, -0.2) is 0 Å². The Labute approximate surface area is 105 Å². The summed E-state index contributed by atoms with van der Waals surface area (Å²) in [6, 6.07) is 2.22. The fraction of sp³-hybridized carbons (Fsp3) is 0.538. The first-order valence-electron chi connectivity index (χ1n) is 5.46. The van der Waals surface area contributed by atoms with E-state index in [1.807, 2.05) is 0 Å². The summed E-state index contributed by atoms with van der Waals surface area (Å²) in [6.45, 7) is 6.66. The molecule has 2 atom stereocenters. The molecule has 82 valence electrons. The highest BCUT2D eigenvalue weighted by Gasteiger charge is 2.27. The van der Waals surface area contributed by atoms with Gasteiger partial charge in [-0.1, -0.05) is 22.9 Å². The second-order valence-corrected chi connectivity index (χ2v) is 5.95. The molecule has 1 aliphatic carbocycles. The molecule has 2 unspecified atom stereocenters. The number of rotatable bonds is 0. The second kappa shape index (κ2) is 4.10. The fourth-order valence-corrected chi connectivity index (χ4v) is 3.63. The van der Waals surface area contributed by atoms with E-state index in [4.69, 9.17) is 11.6 Å². The molecule has 1 aliphatic rings. The number of benzene rings is 1. The highest BCUT2D eigenvalue weighted by atomic mass is 79.9. The van der Waals surface area contributed by atoms with Gasteiger partial charge in [-0.05, 0) is 60.9 Å². The Hall–Kier alpha value is -0.0100. The molecule has 0 aromatic heterocycles. The van der Waals surface area contributed by atoms with E-state index in [0.717, 1.165) is 6.42 Å². The molecule has 1 aromatic carbocycles. The van der Waals surface area contributed by atoms with Gasteiger partial charge in [-0.3, -0.25) is 0 Å². The summed E-state index contributed by atoms with van der Waals surface area (Å²) >= 11 is 10.1. The van der Waals surface area contributed by atoms with E-state index >= 15 is 0 Å². The van der Waals surface area contributed by atoms with Crippen molar-refractivity contribution >= 4 is 27.5 Å². The molecule has 0 saturated carbocycles. The van der Waals surface area contributed by atoms with Crippen LogP contribution in [0.4, 0.5) is 0 Å². The summed E-state index contributed by atoms with van der Waals surface area (Å²) < 4.78 is 1.19. The topological polar surface area (TPSA) is 0 Å². The smallest absolute Gasteiger partial charge is 0.0591 e. The van der Waals surface area contributed by atoms with E-state index in [9.17, 15) is 0 Å². The lowest BCUT2D eigenvalue weighted by molar-refractivity contribution is 0.573. The van der Waals surface area contributed by atoms with Gasteiger partial charge in [0.2, 0.25) is 0 Å². The minimum atomic E-state index is 0.201. The number of aryl methyl sites for hydroxylation is 1. The van der Waals surface area contributed by atoms with Crippen LogP contribution in [0.1, 0.15) is 53.3 Å². The van der Waals surface area contributed by atoms with Crippen molar-refractivity contribution in [1.29, 1.82) is 0 Å². The molecule has 1 aromatic rings. The Kier molecular flexibility index (Phi) is 3.14. The molecule has 0 fully saturated rings. The number of hydrogen-bond acceptors (Lipinski definition) is 0. The Bertz CT molecular complexity index is 398. The standard InChI is InChI=1S/C13H16BrCl/c1-7-4-5-11(15)13-9(3)10(14)6-8(2)12(7)13/h6-7,11H,4-5H2,1-3H3. The lowest BCUT2D eigenvalue weighted by atomic mass is 9.79. The van der Waals surface area contributed by atoms with Crippen molar-refractivity contribution in [3.8, 4) is 0 Å². The maximum absolute atomic E-state index is 6.44. The molecule has 0 N–H and O–H groups in total. The minimum Gasteiger partial charge on any atom is -0.118 e. The molecule has 0 radical (unpaired) electrons. The average Bonchev–Trinajstić information content (AvgIpc) is 2.18. The van der Waals surface area contributed by atoms with Gasteiger partial charge in [0.25, 0.3) is 0 Å². The fourth-order valence-electron chi connectivity index (χ4n) is 2.66. The first-order chi connectivity index (χ1) is 7.02. The van der Waals surface area contributed by atoms with Gasteiger partial charge in [-0.15, -0.1) is 11.6 Å². The lowest BCUT2D eigenvalue weighted by Gasteiger charge is -2.30. The summed E-state index contributed by atoms with van der Waals surface area (Å²) in [7, 11) is 0. The van der Waals surface area contributed by atoms with Gasteiger partial charge in [-0.25, -0.2) is 0 Å². The highest BCUT2D eigenvalue weighted by molar-refractivity contribution is 9.10. The van der Waals surface area contributed by atoms with Crippen molar-refractivity contribution in [2.45, 2.75) is 44.9 Å². The van der Waals surface area contributed by atoms with Gasteiger partial charge < -0.3 is 0 Å². The van der Waals surface area contributed by atoms with E-state index < -0.39 is 0 Å². The molecule has 15 heavy (non-hydrogen) atoms. The number of hydrogen-bond donors (Lipinski definition) is 0. The van der Waals surface area contributed by atoms with E-state index in [1.165, 1.54) is 33.1 Å². The molecule has 2 rings (SSSR count). The molecule has 0 amide bonds. The third-order valence-electron chi connectivity index (χ3n) is 3.48. The Balaban J connectivity index is 2.71. The monoisotopic (exact) mass is 286 g/mol. The summed E-state index contributed by atoms with van der Waals surface area (Å²) in [6.07, 6.45) is 2.32. The lowest BCUT2D eigenvalue weighted by Crippen LogP contribution is -2.13. The first-order valence-corrected chi connectivity index (χ1v) is 6.69. The molecule has 0 heterocycles. The molecular formula is C13H16BrCl. The quantitative estimate of drug-likeness (QED) is 0.572. The largest absolute Gasteiger partial charge is 0.118 e. The summed E-state index contributed by atoms with van der Waals surface area (Å²) in [5, 5.41) is 0.201. The van der Waals surface area contributed by atoms with Crippen LogP contribution in [-0.2, 0) is 0 Å². The van der Waals surface area contributed by atoms with E-state index in [0.29, 0.717) is 5.92 Å². The van der Waals surface area contributed by atoms with Crippen LogP contribution in [0.5, 0.6) is 0 Å². The van der Waals surface area contributed by atoms with Gasteiger partial charge in [0, 0.05) is 4.47 Å². The number of alkyl halides is 1. The van der Waals surface area contributed by atoms with E-state index in [1.54, 1.807) is 0 Å². The Morgan fingerprint density at radius 1 is 1.27 bits per heavy atom. The predicted octanol–water partition coefficient (Wildman–Crippen LogP) is 5.24. The minimum absolute atomic E-state index is 0.201. The molecule has 2 heteroatoms. The summed E-state index contributed by atoms with van der Waals surface area (Å²) in [4.78, 5) is 0. The van der Waals surface area contributed by atoms with Gasteiger partial charge in [-0.2, -0.15) is 0 Å². The Morgan fingerprint density at radius 3 is 2.60 bits per heavy atom. The molecule has 0 spiro atoms. The highest BCUT2D eigenvalue weighted by Crippen LogP contribution is 2.45. The van der Waals surface area contributed by atoms with Crippen LogP contribution >= 0.6 is 27.5 Å². The van der Waals surface area contributed by atoms with Crippen LogP contribution < -0.4 is 0 Å². The second-order valence-electron chi connectivity index (χ2n) is 4.57. The van der Waals surface area contributed by atoms with Crippen molar-refractivity contribution in [2.75, 3.05) is 0 Å². The van der Waals surface area contributed by atoms with Crippen LogP contribution in [0, 0.1) is 13.8 Å². The van der Waals surface area contributed by atoms with Gasteiger partial charge in [0.15, 0.2) is 0 Å². The zero-order chi connectivity index (χ0) is 11.2. The summed E-state index contributed by atoms with van der Waals surface area (Å²) in [5.74, 6) is 0.654. The molecular weight excluding hydrogens is 272 g/mol. The zero-order valence-electron chi connectivity index (χ0n) is 9.40. The average molecular weight is 288 g/mol. The number of halogens is 2. The predicted molar refractivity (Wildman–Crippen MR) is 69.9 cm³/mol. The van der Waals surface area contributed by atoms with Crippen molar-refractivity contribution in [3.63, 3.8) is 0 Å². The van der Waals surface area contributed by atoms with E-state index in [2.05, 4.69) is 42.8 Å². The first kappa shape index (κ1) is 11.5. The van der Waals surface area contributed by atoms with Crippen molar-refractivity contribution in [2.24, 2.45) is 0 Å². The van der Waals surface area contributed by atoms with Gasteiger partial charge in [0.05, 0.1) is 5.38 Å². The maximum atomic E-state index is 6.44. The van der Waals surface area contributed by atoms with Crippen molar-refractivity contribution in [1.82, 2.24) is 0 Å². The SMILES string of the molecule is Cc1cc(Br)c(C)c2c1C(C)CCC2Cl. The van der Waals surface area contributed by atoms with Crippen LogP contribution in [0.15, 0.2) is 10.5 Å². The zero-order valence-corrected chi connectivity index (χ0v) is 11.7. The third kappa shape index (κ3) is 1.85. The van der Waals surface area contributed by atoms with Crippen molar-refractivity contribution < 1.29 is 0 Å². The summed E-state index contributed by atoms with van der Waals surface area (Å²) in [5.41, 5.74) is 5.56. The Morgan fingerprint density at radius 2 is 1.93 bits per heavy atom. The third-order valence-corrected chi connectivity index (χ3v) is 4.74. The van der Waals surface area contributed by atoms with Crippen molar-refractivity contribution in [3.05, 3.63) is 32.8 Å². The maximum Gasteiger partial charge on any atom is 0.0591 e. The molecule has 0 bridgehead atoms. The van der Waals surface area contributed by atoms with Crippen LogP contribution in [0.25, 0.3) is 0 Å². The van der Waals surface area contributed by atoms with E-state index in [-0.39, 0.29) is 5.38 Å². The van der Waals surface area contributed by atoms with Crippen LogP contribution in [0.2, 0.25) is 0 Å². The van der Waals surface area contributed by atoms with Crippen LogP contribution in [0.3, 0.4) is 0 Å². The molecule has 0 aliphatic heterocycles. The molecule has 0 nitrogen and oxygen atoms in total. The normalized spacial score (nSPS) is 25.1. The molecule has 0 saturated heterocycles.